The molecule has 76 valence electrons. The van der Waals surface area contributed by atoms with Gasteiger partial charge in [-0.05, 0) is 40.2 Å². The summed E-state index contributed by atoms with van der Waals surface area (Å²) < 4.78 is 0. The summed E-state index contributed by atoms with van der Waals surface area (Å²) >= 11 is 0. The van der Waals surface area contributed by atoms with Gasteiger partial charge in [0.1, 0.15) is 0 Å². The number of likely N-dealkylation sites (tertiary alicyclic amines) is 1. The smallest absolute Gasteiger partial charge is 0.236 e. The van der Waals surface area contributed by atoms with Crippen LogP contribution in [0.25, 0.3) is 0 Å². The lowest BCUT2D eigenvalue weighted by atomic mass is 9.97. The molecule has 1 saturated heterocycles. The van der Waals surface area contributed by atoms with Gasteiger partial charge in [-0.25, -0.2) is 0 Å². The van der Waals surface area contributed by atoms with E-state index in [0.29, 0.717) is 18.6 Å². The van der Waals surface area contributed by atoms with Crippen molar-refractivity contribution in [2.45, 2.75) is 45.2 Å². The second-order valence-corrected chi connectivity index (χ2v) is 3.96. The van der Waals surface area contributed by atoms with E-state index in [9.17, 15) is 4.79 Å². The Morgan fingerprint density at radius 2 is 1.92 bits per heavy atom. The monoisotopic (exact) mass is 184 g/mol. The molecule has 13 heavy (non-hydrogen) atoms. The predicted molar refractivity (Wildman–Crippen MR) is 53.5 cm³/mol. The average molecular weight is 184 g/mol. The van der Waals surface area contributed by atoms with E-state index in [0.717, 1.165) is 12.8 Å². The molecule has 2 atom stereocenters. The summed E-state index contributed by atoms with van der Waals surface area (Å²) in [6.07, 6.45) is 3.56. The molecule has 0 aromatic rings. The number of amides is 1. The largest absolute Gasteiger partial charge is 0.336 e. The molecule has 0 spiro atoms. The highest BCUT2D eigenvalue weighted by Gasteiger charge is 2.27. The fraction of sp³-hybridized carbons (Fsp3) is 0.900. The van der Waals surface area contributed by atoms with Crippen LogP contribution in [0.15, 0.2) is 0 Å². The number of likely N-dealkylation sites (N-methyl/N-ethyl adjacent to an activating group) is 1. The number of rotatable bonds is 2. The molecule has 0 saturated carbocycles. The summed E-state index contributed by atoms with van der Waals surface area (Å²) in [6, 6.07) is 0.842. The van der Waals surface area contributed by atoms with E-state index in [1.165, 1.54) is 6.42 Å². The molecule has 0 aromatic heterocycles. The Kier molecular flexibility index (Phi) is 3.72. The van der Waals surface area contributed by atoms with E-state index in [4.69, 9.17) is 0 Å². The first-order valence-corrected chi connectivity index (χ1v) is 5.12. The Balaban J connectivity index is 2.57. The van der Waals surface area contributed by atoms with E-state index in [2.05, 4.69) is 19.2 Å². The van der Waals surface area contributed by atoms with Crippen molar-refractivity contribution < 1.29 is 4.79 Å². The van der Waals surface area contributed by atoms with Crippen molar-refractivity contribution in [1.82, 2.24) is 10.2 Å². The maximum Gasteiger partial charge on any atom is 0.236 e. The van der Waals surface area contributed by atoms with E-state index in [-0.39, 0.29) is 5.91 Å². The van der Waals surface area contributed by atoms with Gasteiger partial charge in [-0.3, -0.25) is 4.79 Å². The number of nitrogens with one attached hydrogen (secondary N) is 1. The summed E-state index contributed by atoms with van der Waals surface area (Å²) in [6.45, 7) is 4.75. The molecule has 1 N–H and O–H groups in total. The van der Waals surface area contributed by atoms with Crippen molar-refractivity contribution >= 4 is 5.91 Å². The molecule has 0 aromatic carbocycles. The second-order valence-electron chi connectivity index (χ2n) is 3.96. The molecule has 0 aliphatic carbocycles. The average Bonchev–Trinajstić information content (AvgIpc) is 2.04. The third-order valence-electron chi connectivity index (χ3n) is 2.81. The molecular weight excluding hydrogens is 164 g/mol. The van der Waals surface area contributed by atoms with Gasteiger partial charge in [-0.15, -0.1) is 0 Å². The molecule has 1 rings (SSSR count). The highest BCUT2D eigenvalue weighted by Crippen LogP contribution is 2.22. The lowest BCUT2D eigenvalue weighted by Crippen LogP contribution is -2.50. The number of hydrogen-bond acceptors (Lipinski definition) is 2. The molecular formula is C10H20N2O. The van der Waals surface area contributed by atoms with E-state index in [1.54, 1.807) is 0 Å². The zero-order chi connectivity index (χ0) is 9.84. The lowest BCUT2D eigenvalue weighted by molar-refractivity contribution is -0.136. The molecule has 0 bridgehead atoms. The molecule has 1 heterocycles. The van der Waals surface area contributed by atoms with Gasteiger partial charge in [-0.2, -0.15) is 0 Å². The van der Waals surface area contributed by atoms with Crippen molar-refractivity contribution in [2.75, 3.05) is 13.6 Å². The summed E-state index contributed by atoms with van der Waals surface area (Å²) in [4.78, 5) is 13.7. The van der Waals surface area contributed by atoms with Crippen LogP contribution in [0.5, 0.6) is 0 Å². The first-order chi connectivity index (χ1) is 6.16. The highest BCUT2D eigenvalue weighted by atomic mass is 16.2. The fourth-order valence-electron chi connectivity index (χ4n) is 2.16. The van der Waals surface area contributed by atoms with Crippen LogP contribution in [0.1, 0.15) is 33.1 Å². The molecule has 0 radical (unpaired) electrons. The normalized spacial score (nSPS) is 29.0. The Hall–Kier alpha value is -0.570. The Morgan fingerprint density at radius 1 is 1.38 bits per heavy atom. The zero-order valence-electron chi connectivity index (χ0n) is 8.84. The number of carbonyl (C=O) groups is 1. The third-order valence-corrected chi connectivity index (χ3v) is 2.81. The van der Waals surface area contributed by atoms with Crippen molar-refractivity contribution in [3.63, 3.8) is 0 Å². The SMILES string of the molecule is CNCC(=O)N1C(C)CCCC1C. The molecule has 1 aliphatic rings. The van der Waals surface area contributed by atoms with Crippen LogP contribution >= 0.6 is 0 Å². The van der Waals surface area contributed by atoms with Gasteiger partial charge in [0, 0.05) is 12.1 Å². The standard InChI is InChI=1S/C10H20N2O/c1-8-5-4-6-9(2)12(8)10(13)7-11-3/h8-9,11H,4-7H2,1-3H3. The highest BCUT2D eigenvalue weighted by molar-refractivity contribution is 5.79. The lowest BCUT2D eigenvalue weighted by Gasteiger charge is -2.39. The molecule has 1 aliphatic heterocycles. The van der Waals surface area contributed by atoms with Gasteiger partial charge in [0.15, 0.2) is 0 Å². The molecule has 1 fully saturated rings. The van der Waals surface area contributed by atoms with Crippen LogP contribution in [0, 0.1) is 0 Å². The molecule has 3 nitrogen and oxygen atoms in total. The van der Waals surface area contributed by atoms with Crippen LogP contribution in [0.3, 0.4) is 0 Å². The van der Waals surface area contributed by atoms with E-state index in [1.807, 2.05) is 11.9 Å². The van der Waals surface area contributed by atoms with Crippen molar-refractivity contribution in [3.8, 4) is 0 Å². The Bertz CT molecular complexity index is 172. The van der Waals surface area contributed by atoms with Crippen molar-refractivity contribution in [1.29, 1.82) is 0 Å². The first kappa shape index (κ1) is 10.5. The van der Waals surface area contributed by atoms with Crippen molar-refractivity contribution in [2.24, 2.45) is 0 Å². The van der Waals surface area contributed by atoms with Gasteiger partial charge >= 0.3 is 0 Å². The van der Waals surface area contributed by atoms with Gasteiger partial charge in [-0.1, -0.05) is 0 Å². The fourth-order valence-corrected chi connectivity index (χ4v) is 2.16. The quantitative estimate of drug-likeness (QED) is 0.694. The number of nitrogens with zero attached hydrogens (tertiary/aromatic N) is 1. The topological polar surface area (TPSA) is 32.3 Å². The first-order valence-electron chi connectivity index (χ1n) is 5.12. The molecule has 2 unspecified atom stereocenters. The van der Waals surface area contributed by atoms with Crippen LogP contribution in [-0.4, -0.2) is 36.5 Å². The maximum atomic E-state index is 11.7. The maximum absolute atomic E-state index is 11.7. The minimum Gasteiger partial charge on any atom is -0.336 e. The van der Waals surface area contributed by atoms with Gasteiger partial charge in [0.2, 0.25) is 5.91 Å². The number of piperidine rings is 1. The van der Waals surface area contributed by atoms with E-state index >= 15 is 0 Å². The predicted octanol–water partition coefficient (Wildman–Crippen LogP) is 0.995. The minimum absolute atomic E-state index is 0.238. The van der Waals surface area contributed by atoms with Crippen LogP contribution in [0.2, 0.25) is 0 Å². The number of hydrogen-bond donors (Lipinski definition) is 1. The Labute approximate surface area is 80.5 Å². The van der Waals surface area contributed by atoms with Gasteiger partial charge in [0.05, 0.1) is 6.54 Å². The van der Waals surface area contributed by atoms with E-state index < -0.39 is 0 Å². The van der Waals surface area contributed by atoms with Crippen LogP contribution < -0.4 is 5.32 Å². The zero-order valence-corrected chi connectivity index (χ0v) is 8.84. The van der Waals surface area contributed by atoms with Gasteiger partial charge in [0.25, 0.3) is 0 Å². The number of carbonyl (C=O) groups excluding carboxylic acids is 1. The van der Waals surface area contributed by atoms with Crippen LogP contribution in [0.4, 0.5) is 0 Å². The molecule has 3 heteroatoms. The summed E-state index contributed by atoms with van der Waals surface area (Å²) in [5.74, 6) is 0.238. The molecule has 1 amide bonds. The van der Waals surface area contributed by atoms with Crippen LogP contribution in [-0.2, 0) is 4.79 Å². The summed E-state index contributed by atoms with van der Waals surface area (Å²) in [5.41, 5.74) is 0. The summed E-state index contributed by atoms with van der Waals surface area (Å²) in [5, 5.41) is 2.91. The van der Waals surface area contributed by atoms with Crippen molar-refractivity contribution in [3.05, 3.63) is 0 Å². The van der Waals surface area contributed by atoms with Gasteiger partial charge < -0.3 is 10.2 Å². The minimum atomic E-state index is 0.238. The third kappa shape index (κ3) is 2.44. The summed E-state index contributed by atoms with van der Waals surface area (Å²) in [7, 11) is 1.82. The second kappa shape index (κ2) is 4.61. The Morgan fingerprint density at radius 3 is 2.38 bits per heavy atom.